The molecule has 1 saturated carbocycles. The molecule has 1 fully saturated rings. The quantitative estimate of drug-likeness (QED) is 0.897. The standard InChI is InChI=1S/C16H23N5OS/c1-10-14(23-16(19-10)12-8-18-21(2)9-12)15(22)20-13-6-4-3-5-11(13)7-17/h8-9,11,13H,3-7,17H2,1-2H3,(H,20,22). The van der Waals surface area contributed by atoms with Crippen molar-refractivity contribution in [1.29, 1.82) is 0 Å². The van der Waals surface area contributed by atoms with E-state index in [0.717, 1.165) is 35.5 Å². The third-order valence-electron chi connectivity index (χ3n) is 4.48. The molecule has 0 saturated heterocycles. The first-order valence-electron chi connectivity index (χ1n) is 8.06. The molecule has 2 heterocycles. The number of carbonyl (C=O) groups is 1. The summed E-state index contributed by atoms with van der Waals surface area (Å²) in [6, 6.07) is 0.185. The second-order valence-corrected chi connectivity index (χ2v) is 7.20. The number of amides is 1. The molecule has 0 radical (unpaired) electrons. The molecule has 2 aromatic heterocycles. The zero-order chi connectivity index (χ0) is 16.4. The van der Waals surface area contributed by atoms with E-state index in [1.807, 2.05) is 20.2 Å². The molecule has 1 aliphatic carbocycles. The van der Waals surface area contributed by atoms with Crippen LogP contribution in [0.3, 0.4) is 0 Å². The van der Waals surface area contributed by atoms with Gasteiger partial charge in [0.1, 0.15) is 9.88 Å². The molecule has 1 amide bonds. The van der Waals surface area contributed by atoms with Gasteiger partial charge < -0.3 is 11.1 Å². The maximum atomic E-state index is 12.6. The topological polar surface area (TPSA) is 85.8 Å². The van der Waals surface area contributed by atoms with Crippen molar-refractivity contribution in [3.05, 3.63) is 23.0 Å². The van der Waals surface area contributed by atoms with Gasteiger partial charge in [-0.05, 0) is 32.2 Å². The third-order valence-corrected chi connectivity index (χ3v) is 5.69. The van der Waals surface area contributed by atoms with Crippen molar-refractivity contribution in [3.63, 3.8) is 0 Å². The number of nitrogens with zero attached hydrogens (tertiary/aromatic N) is 3. The predicted molar refractivity (Wildman–Crippen MR) is 91.3 cm³/mol. The summed E-state index contributed by atoms with van der Waals surface area (Å²) < 4.78 is 1.74. The number of nitrogens with one attached hydrogen (secondary N) is 1. The van der Waals surface area contributed by atoms with E-state index in [4.69, 9.17) is 5.73 Å². The van der Waals surface area contributed by atoms with Crippen molar-refractivity contribution >= 4 is 17.2 Å². The van der Waals surface area contributed by atoms with Gasteiger partial charge in [-0.2, -0.15) is 5.10 Å². The largest absolute Gasteiger partial charge is 0.348 e. The van der Waals surface area contributed by atoms with Gasteiger partial charge in [0.05, 0.1) is 11.9 Å². The van der Waals surface area contributed by atoms with E-state index in [9.17, 15) is 4.79 Å². The molecular weight excluding hydrogens is 310 g/mol. The first-order chi connectivity index (χ1) is 11.1. The summed E-state index contributed by atoms with van der Waals surface area (Å²) in [5, 5.41) is 8.17. The van der Waals surface area contributed by atoms with Crippen molar-refractivity contribution in [3.8, 4) is 10.6 Å². The SMILES string of the molecule is Cc1nc(-c2cnn(C)c2)sc1C(=O)NC1CCCCC1CN. The van der Waals surface area contributed by atoms with Crippen LogP contribution >= 0.6 is 11.3 Å². The van der Waals surface area contributed by atoms with Crippen LogP contribution in [0.5, 0.6) is 0 Å². The number of carbonyl (C=O) groups excluding carboxylic acids is 1. The zero-order valence-corrected chi connectivity index (χ0v) is 14.4. The fraction of sp³-hybridized carbons (Fsp3) is 0.562. The molecule has 3 N–H and O–H groups in total. The highest BCUT2D eigenvalue weighted by Crippen LogP contribution is 2.29. The van der Waals surface area contributed by atoms with Crippen LogP contribution in [-0.4, -0.2) is 33.3 Å². The van der Waals surface area contributed by atoms with Crippen LogP contribution < -0.4 is 11.1 Å². The molecule has 2 atom stereocenters. The van der Waals surface area contributed by atoms with Gasteiger partial charge in [-0.3, -0.25) is 9.48 Å². The Morgan fingerprint density at radius 2 is 2.26 bits per heavy atom. The first-order valence-corrected chi connectivity index (χ1v) is 8.87. The fourth-order valence-corrected chi connectivity index (χ4v) is 4.12. The highest BCUT2D eigenvalue weighted by atomic mass is 32.1. The summed E-state index contributed by atoms with van der Waals surface area (Å²) in [6.45, 7) is 2.51. The van der Waals surface area contributed by atoms with Crippen LogP contribution in [0, 0.1) is 12.8 Å². The predicted octanol–water partition coefficient (Wildman–Crippen LogP) is 2.10. The lowest BCUT2D eigenvalue weighted by Crippen LogP contribution is -2.44. The minimum Gasteiger partial charge on any atom is -0.348 e. The maximum absolute atomic E-state index is 12.6. The number of hydrogen-bond donors (Lipinski definition) is 2. The van der Waals surface area contributed by atoms with E-state index in [1.165, 1.54) is 17.8 Å². The summed E-state index contributed by atoms with van der Waals surface area (Å²) in [5.74, 6) is 0.360. The normalized spacial score (nSPS) is 21.3. The minimum atomic E-state index is -0.0273. The average Bonchev–Trinajstić information content (AvgIpc) is 3.13. The van der Waals surface area contributed by atoms with Crippen molar-refractivity contribution in [2.45, 2.75) is 38.6 Å². The monoisotopic (exact) mass is 333 g/mol. The number of nitrogens with two attached hydrogens (primary N) is 1. The molecule has 0 spiro atoms. The molecule has 0 bridgehead atoms. The number of aryl methyl sites for hydroxylation is 2. The lowest BCUT2D eigenvalue weighted by Gasteiger charge is -2.31. The van der Waals surface area contributed by atoms with Gasteiger partial charge in [-0.25, -0.2) is 4.98 Å². The van der Waals surface area contributed by atoms with Crippen LogP contribution in [0.25, 0.3) is 10.6 Å². The Bertz CT molecular complexity index is 692. The Labute approximate surface area is 140 Å². The van der Waals surface area contributed by atoms with Crippen LogP contribution in [-0.2, 0) is 7.05 Å². The van der Waals surface area contributed by atoms with E-state index in [0.29, 0.717) is 17.3 Å². The first kappa shape index (κ1) is 16.1. The number of rotatable bonds is 4. The number of aromatic nitrogens is 3. The maximum Gasteiger partial charge on any atom is 0.263 e. The number of hydrogen-bond acceptors (Lipinski definition) is 5. The van der Waals surface area contributed by atoms with Gasteiger partial charge in [0.25, 0.3) is 5.91 Å². The lowest BCUT2D eigenvalue weighted by molar-refractivity contribution is 0.0911. The van der Waals surface area contributed by atoms with E-state index in [2.05, 4.69) is 15.4 Å². The molecule has 3 rings (SSSR count). The average molecular weight is 333 g/mol. The van der Waals surface area contributed by atoms with E-state index in [-0.39, 0.29) is 11.9 Å². The van der Waals surface area contributed by atoms with E-state index in [1.54, 1.807) is 10.9 Å². The van der Waals surface area contributed by atoms with Crippen molar-refractivity contribution < 1.29 is 4.79 Å². The molecule has 6 nitrogen and oxygen atoms in total. The van der Waals surface area contributed by atoms with Crippen LogP contribution in [0.4, 0.5) is 0 Å². The summed E-state index contributed by atoms with van der Waals surface area (Å²) in [7, 11) is 1.87. The van der Waals surface area contributed by atoms with Crippen LogP contribution in [0.15, 0.2) is 12.4 Å². The van der Waals surface area contributed by atoms with Gasteiger partial charge in [0, 0.05) is 24.8 Å². The second kappa shape index (κ2) is 6.80. The van der Waals surface area contributed by atoms with Crippen molar-refractivity contribution in [2.24, 2.45) is 18.7 Å². The highest BCUT2D eigenvalue weighted by molar-refractivity contribution is 7.17. The van der Waals surface area contributed by atoms with Gasteiger partial charge in [0.15, 0.2) is 0 Å². The molecular formula is C16H23N5OS. The third kappa shape index (κ3) is 3.45. The van der Waals surface area contributed by atoms with Gasteiger partial charge in [-0.15, -0.1) is 11.3 Å². The van der Waals surface area contributed by atoms with Gasteiger partial charge in [0.2, 0.25) is 0 Å². The van der Waals surface area contributed by atoms with E-state index >= 15 is 0 Å². The summed E-state index contributed by atoms with van der Waals surface area (Å²) in [6.07, 6.45) is 8.16. The zero-order valence-electron chi connectivity index (χ0n) is 13.6. The van der Waals surface area contributed by atoms with Crippen molar-refractivity contribution in [1.82, 2.24) is 20.1 Å². The Hall–Kier alpha value is -1.73. The Morgan fingerprint density at radius 1 is 1.48 bits per heavy atom. The summed E-state index contributed by atoms with van der Waals surface area (Å²) in [5.41, 5.74) is 7.56. The molecule has 7 heteroatoms. The molecule has 1 aliphatic rings. The lowest BCUT2D eigenvalue weighted by atomic mass is 9.84. The van der Waals surface area contributed by atoms with Gasteiger partial charge >= 0.3 is 0 Å². The minimum absolute atomic E-state index is 0.0273. The molecule has 2 aromatic rings. The molecule has 0 aliphatic heterocycles. The summed E-state index contributed by atoms with van der Waals surface area (Å²) in [4.78, 5) is 17.9. The Morgan fingerprint density at radius 3 is 2.96 bits per heavy atom. The second-order valence-electron chi connectivity index (χ2n) is 6.20. The molecule has 0 aromatic carbocycles. The van der Waals surface area contributed by atoms with Crippen molar-refractivity contribution in [2.75, 3.05) is 6.54 Å². The van der Waals surface area contributed by atoms with Crippen LogP contribution in [0.1, 0.15) is 41.0 Å². The Balaban J connectivity index is 1.76. The summed E-state index contributed by atoms with van der Waals surface area (Å²) >= 11 is 1.42. The molecule has 23 heavy (non-hydrogen) atoms. The van der Waals surface area contributed by atoms with E-state index < -0.39 is 0 Å². The number of thiazole rings is 1. The smallest absolute Gasteiger partial charge is 0.263 e. The van der Waals surface area contributed by atoms with Crippen LogP contribution in [0.2, 0.25) is 0 Å². The Kier molecular flexibility index (Phi) is 4.77. The van der Waals surface area contributed by atoms with Gasteiger partial charge in [-0.1, -0.05) is 12.8 Å². The highest BCUT2D eigenvalue weighted by Gasteiger charge is 2.27. The molecule has 2 unspecified atom stereocenters. The molecule has 124 valence electrons. The fourth-order valence-electron chi connectivity index (χ4n) is 3.18.